The molecule has 5 nitrogen and oxygen atoms in total. The molecule has 1 aliphatic heterocycles. The number of benzene rings is 2. The van der Waals surface area contributed by atoms with Crippen molar-refractivity contribution in [3.63, 3.8) is 0 Å². The maximum atomic E-state index is 12.7. The van der Waals surface area contributed by atoms with Crippen molar-refractivity contribution in [1.29, 1.82) is 0 Å². The summed E-state index contributed by atoms with van der Waals surface area (Å²) in [6.07, 6.45) is 1.21. The minimum Gasteiger partial charge on any atom is -0.311 e. The number of halogens is 1. The predicted molar refractivity (Wildman–Crippen MR) is 93.6 cm³/mol. The Kier molecular flexibility index (Phi) is 4.89. The zero-order valence-electron chi connectivity index (χ0n) is 12.9. The summed E-state index contributed by atoms with van der Waals surface area (Å²) < 4.78 is 27.5. The molecule has 7 heteroatoms. The van der Waals surface area contributed by atoms with E-state index >= 15 is 0 Å². The monoisotopic (exact) mass is 364 g/mol. The molecular formula is C17H17ClN2O3S. The Morgan fingerprint density at radius 1 is 1.04 bits per heavy atom. The molecule has 0 radical (unpaired) electrons. The van der Waals surface area contributed by atoms with Gasteiger partial charge in [-0.05, 0) is 49.2 Å². The van der Waals surface area contributed by atoms with Gasteiger partial charge >= 0.3 is 0 Å². The van der Waals surface area contributed by atoms with Gasteiger partial charge in [0, 0.05) is 17.3 Å². The number of para-hydroxylation sites is 1. The third kappa shape index (κ3) is 3.61. The number of carbonyl (C=O) groups is 1. The summed E-state index contributed by atoms with van der Waals surface area (Å²) in [6, 6.07) is 14.4. The fraction of sp³-hybridized carbons (Fsp3) is 0.235. The maximum Gasteiger partial charge on any atom is 0.245 e. The zero-order valence-corrected chi connectivity index (χ0v) is 14.4. The molecule has 0 spiro atoms. The van der Waals surface area contributed by atoms with Gasteiger partial charge in [-0.3, -0.25) is 4.79 Å². The minimum atomic E-state index is -3.77. The van der Waals surface area contributed by atoms with E-state index in [4.69, 9.17) is 11.6 Å². The van der Waals surface area contributed by atoms with Crippen LogP contribution in [0, 0.1) is 0 Å². The van der Waals surface area contributed by atoms with E-state index in [1.54, 1.807) is 4.90 Å². The number of carbonyl (C=O) groups excluding carboxylic acids is 1. The van der Waals surface area contributed by atoms with Crippen LogP contribution >= 0.6 is 11.6 Å². The molecule has 0 saturated carbocycles. The zero-order chi connectivity index (χ0) is 17.2. The van der Waals surface area contributed by atoms with E-state index in [0.717, 1.165) is 12.1 Å². The van der Waals surface area contributed by atoms with Crippen LogP contribution in [0.3, 0.4) is 0 Å². The first-order valence-corrected chi connectivity index (χ1v) is 9.48. The number of hydrogen-bond donors (Lipinski definition) is 1. The number of rotatable bonds is 4. The summed E-state index contributed by atoms with van der Waals surface area (Å²) in [4.78, 5) is 14.4. The van der Waals surface area contributed by atoms with Crippen LogP contribution in [0.4, 0.5) is 5.69 Å². The van der Waals surface area contributed by atoms with Crippen LogP contribution in [-0.4, -0.2) is 26.9 Å². The van der Waals surface area contributed by atoms with Gasteiger partial charge in [0.25, 0.3) is 0 Å². The number of amides is 1. The van der Waals surface area contributed by atoms with E-state index in [2.05, 4.69) is 4.72 Å². The maximum absolute atomic E-state index is 12.7. The van der Waals surface area contributed by atoms with Crippen molar-refractivity contribution >= 4 is 33.2 Å². The fourth-order valence-corrected chi connectivity index (χ4v) is 4.07. The molecule has 1 unspecified atom stereocenters. The quantitative estimate of drug-likeness (QED) is 0.907. The van der Waals surface area contributed by atoms with Crippen molar-refractivity contribution in [1.82, 2.24) is 4.72 Å². The smallest absolute Gasteiger partial charge is 0.245 e. The van der Waals surface area contributed by atoms with Gasteiger partial charge in [-0.1, -0.05) is 29.8 Å². The van der Waals surface area contributed by atoms with Gasteiger partial charge in [-0.25, -0.2) is 8.42 Å². The van der Waals surface area contributed by atoms with Gasteiger partial charge in [0.05, 0.1) is 4.90 Å². The molecule has 1 aliphatic rings. The van der Waals surface area contributed by atoms with Crippen molar-refractivity contribution in [2.24, 2.45) is 0 Å². The Morgan fingerprint density at radius 2 is 1.71 bits per heavy atom. The molecule has 1 heterocycles. The molecule has 0 aromatic heterocycles. The molecule has 1 amide bonds. The van der Waals surface area contributed by atoms with Crippen LogP contribution in [0.2, 0.25) is 5.02 Å². The summed E-state index contributed by atoms with van der Waals surface area (Å²) in [7, 11) is -3.77. The highest BCUT2D eigenvalue weighted by atomic mass is 35.5. The summed E-state index contributed by atoms with van der Waals surface area (Å²) in [5.41, 5.74) is 0.776. The number of nitrogens with zero attached hydrogens (tertiary/aromatic N) is 1. The highest BCUT2D eigenvalue weighted by Crippen LogP contribution is 2.22. The number of sulfonamides is 1. The highest BCUT2D eigenvalue weighted by molar-refractivity contribution is 7.89. The van der Waals surface area contributed by atoms with Crippen molar-refractivity contribution in [2.45, 2.75) is 23.8 Å². The topological polar surface area (TPSA) is 66.5 Å². The van der Waals surface area contributed by atoms with E-state index < -0.39 is 16.1 Å². The lowest BCUT2D eigenvalue weighted by atomic mass is 10.0. The van der Waals surface area contributed by atoms with E-state index in [9.17, 15) is 13.2 Å². The van der Waals surface area contributed by atoms with Gasteiger partial charge in [-0.15, -0.1) is 0 Å². The second kappa shape index (κ2) is 6.93. The molecule has 2 aromatic rings. The van der Waals surface area contributed by atoms with E-state index in [-0.39, 0.29) is 10.8 Å². The van der Waals surface area contributed by atoms with Gasteiger partial charge in [-0.2, -0.15) is 4.72 Å². The van der Waals surface area contributed by atoms with Crippen LogP contribution in [0.25, 0.3) is 0 Å². The van der Waals surface area contributed by atoms with Crippen LogP contribution in [0.15, 0.2) is 59.5 Å². The Bertz CT molecular complexity index is 823. The standard InChI is InChI=1S/C17H17ClN2O3S/c18-13-8-10-15(11-9-13)24(22,23)19-16-7-4-12-20(17(16)21)14-5-2-1-3-6-14/h1-3,5-6,8-11,16,19H,4,7,12H2. The minimum absolute atomic E-state index is 0.0940. The lowest BCUT2D eigenvalue weighted by Crippen LogP contribution is -2.52. The van der Waals surface area contributed by atoms with Crippen LogP contribution in [0.5, 0.6) is 0 Å². The fourth-order valence-electron chi connectivity index (χ4n) is 2.72. The largest absolute Gasteiger partial charge is 0.311 e. The second-order valence-electron chi connectivity index (χ2n) is 5.60. The van der Waals surface area contributed by atoms with Crippen molar-refractivity contribution in [3.05, 3.63) is 59.6 Å². The first-order valence-electron chi connectivity index (χ1n) is 7.62. The van der Waals surface area contributed by atoms with Crippen LogP contribution in [0.1, 0.15) is 12.8 Å². The van der Waals surface area contributed by atoms with Crippen LogP contribution in [-0.2, 0) is 14.8 Å². The third-order valence-corrected chi connectivity index (χ3v) is 5.67. The molecule has 1 saturated heterocycles. The molecule has 126 valence electrons. The molecule has 3 rings (SSSR count). The average molecular weight is 365 g/mol. The Balaban J connectivity index is 1.79. The normalized spacial score (nSPS) is 18.6. The molecule has 2 aromatic carbocycles. The number of piperidine rings is 1. The summed E-state index contributed by atoms with van der Waals surface area (Å²) in [5.74, 6) is -0.231. The Hall–Kier alpha value is -1.89. The predicted octanol–water partition coefficient (Wildman–Crippen LogP) is 2.81. The lowest BCUT2D eigenvalue weighted by molar-refractivity contribution is -0.121. The molecule has 24 heavy (non-hydrogen) atoms. The average Bonchev–Trinajstić information content (AvgIpc) is 2.58. The number of hydrogen-bond acceptors (Lipinski definition) is 3. The summed E-state index contributed by atoms with van der Waals surface area (Å²) in [5, 5.41) is 0.456. The van der Waals surface area contributed by atoms with Gasteiger partial charge in [0.2, 0.25) is 15.9 Å². The first kappa shape index (κ1) is 17.0. The summed E-state index contributed by atoms with van der Waals surface area (Å²) >= 11 is 5.79. The van der Waals surface area contributed by atoms with E-state index in [1.165, 1.54) is 24.3 Å². The van der Waals surface area contributed by atoms with Gasteiger partial charge < -0.3 is 4.90 Å². The number of nitrogens with one attached hydrogen (secondary N) is 1. The molecule has 0 aliphatic carbocycles. The molecule has 0 bridgehead atoms. The number of anilines is 1. The van der Waals surface area contributed by atoms with Gasteiger partial charge in [0.15, 0.2) is 0 Å². The molecule has 1 atom stereocenters. The SMILES string of the molecule is O=C1C(NS(=O)(=O)c2ccc(Cl)cc2)CCCN1c1ccccc1. The van der Waals surface area contributed by atoms with Gasteiger partial charge in [0.1, 0.15) is 6.04 Å². The Morgan fingerprint density at radius 3 is 2.38 bits per heavy atom. The van der Waals surface area contributed by atoms with Crippen molar-refractivity contribution < 1.29 is 13.2 Å². The highest BCUT2D eigenvalue weighted by Gasteiger charge is 2.33. The van der Waals surface area contributed by atoms with Crippen LogP contribution < -0.4 is 9.62 Å². The van der Waals surface area contributed by atoms with Crippen molar-refractivity contribution in [2.75, 3.05) is 11.4 Å². The molecule has 1 N–H and O–H groups in total. The second-order valence-corrected chi connectivity index (χ2v) is 7.75. The van der Waals surface area contributed by atoms with E-state index in [0.29, 0.717) is 18.0 Å². The van der Waals surface area contributed by atoms with E-state index in [1.807, 2.05) is 30.3 Å². The summed E-state index contributed by atoms with van der Waals surface area (Å²) in [6.45, 7) is 0.585. The third-order valence-electron chi connectivity index (χ3n) is 3.93. The van der Waals surface area contributed by atoms with Crippen molar-refractivity contribution in [3.8, 4) is 0 Å². The molecule has 1 fully saturated rings. The lowest BCUT2D eigenvalue weighted by Gasteiger charge is -2.32. The Labute approximate surface area is 146 Å². The first-order chi connectivity index (χ1) is 11.5. The molecular weight excluding hydrogens is 348 g/mol.